The highest BCUT2D eigenvalue weighted by Crippen LogP contribution is 2.19. The Balaban J connectivity index is 1.61. The number of anilines is 1. The molecule has 6 nitrogen and oxygen atoms in total. The van der Waals surface area contributed by atoms with Crippen LogP contribution in [0.5, 0.6) is 0 Å². The van der Waals surface area contributed by atoms with E-state index in [2.05, 4.69) is 22.3 Å². The van der Waals surface area contributed by atoms with Gasteiger partial charge in [-0.1, -0.05) is 12.1 Å². The lowest BCUT2D eigenvalue weighted by Gasteiger charge is -2.28. The molecule has 134 valence electrons. The minimum Gasteiger partial charge on any atom is -0.378 e. The Morgan fingerprint density at radius 3 is 2.56 bits per heavy atom. The molecular formula is C19H25N3O3. The number of nitrogens with one attached hydrogen (secondary N) is 1. The maximum absolute atomic E-state index is 12.4. The zero-order valence-corrected chi connectivity index (χ0v) is 14.6. The Bertz CT molecular complexity index is 636. The highest BCUT2D eigenvalue weighted by molar-refractivity contribution is 5.96. The van der Waals surface area contributed by atoms with Crippen LogP contribution in [0.3, 0.4) is 0 Å². The number of rotatable bonds is 4. The third-order valence-electron chi connectivity index (χ3n) is 4.77. The average molecular weight is 343 g/mol. The Labute approximate surface area is 148 Å². The van der Waals surface area contributed by atoms with Crippen LogP contribution in [0.2, 0.25) is 0 Å². The van der Waals surface area contributed by atoms with Crippen LogP contribution in [0.15, 0.2) is 30.3 Å². The van der Waals surface area contributed by atoms with Crippen LogP contribution in [0.4, 0.5) is 5.69 Å². The lowest BCUT2D eigenvalue weighted by atomic mass is 10.1. The summed E-state index contributed by atoms with van der Waals surface area (Å²) in [5.74, 6) is -0.197. The number of morpholine rings is 1. The molecule has 1 atom stereocenters. The van der Waals surface area contributed by atoms with Gasteiger partial charge in [0.05, 0.1) is 13.2 Å². The maximum atomic E-state index is 12.4. The molecular weight excluding hydrogens is 318 g/mol. The van der Waals surface area contributed by atoms with Crippen molar-refractivity contribution >= 4 is 23.6 Å². The van der Waals surface area contributed by atoms with Crippen molar-refractivity contribution < 1.29 is 14.3 Å². The average Bonchev–Trinajstić information content (AvgIpc) is 3.16. The quantitative estimate of drug-likeness (QED) is 0.837. The maximum Gasteiger partial charge on any atom is 0.247 e. The first-order valence-corrected chi connectivity index (χ1v) is 8.82. The van der Waals surface area contributed by atoms with Crippen molar-refractivity contribution in [2.24, 2.45) is 0 Å². The molecule has 0 spiro atoms. The number of carbonyl (C=O) groups is 2. The van der Waals surface area contributed by atoms with Gasteiger partial charge in [-0.25, -0.2) is 0 Å². The number of ether oxygens (including phenoxy) is 1. The topological polar surface area (TPSA) is 61.9 Å². The molecule has 0 saturated carbocycles. The molecule has 0 unspecified atom stereocenters. The second-order valence-electron chi connectivity index (χ2n) is 6.33. The zero-order valence-electron chi connectivity index (χ0n) is 14.6. The van der Waals surface area contributed by atoms with E-state index < -0.39 is 0 Å². The van der Waals surface area contributed by atoms with Crippen LogP contribution in [0.25, 0.3) is 6.08 Å². The van der Waals surface area contributed by atoms with Crippen LogP contribution >= 0.6 is 0 Å². The molecule has 2 aliphatic rings. The van der Waals surface area contributed by atoms with Crippen LogP contribution in [-0.2, 0) is 14.3 Å². The minimum absolute atomic E-state index is 0.0888. The fraction of sp³-hybridized carbons (Fsp3) is 0.474. The second-order valence-corrected chi connectivity index (χ2v) is 6.33. The SMILES string of the molecule is CNC(=O)[C@@H]1CCCN1C(=O)/C=C/c1ccc(N2CCOCC2)cc1. The highest BCUT2D eigenvalue weighted by Gasteiger charge is 2.32. The summed E-state index contributed by atoms with van der Waals surface area (Å²) < 4.78 is 5.37. The van der Waals surface area contributed by atoms with E-state index in [4.69, 9.17) is 4.74 Å². The van der Waals surface area contributed by atoms with Crippen molar-refractivity contribution in [3.63, 3.8) is 0 Å². The summed E-state index contributed by atoms with van der Waals surface area (Å²) in [5.41, 5.74) is 2.15. The number of nitrogens with zero attached hydrogens (tertiary/aromatic N) is 2. The van der Waals surface area contributed by atoms with Crippen LogP contribution in [0.1, 0.15) is 18.4 Å². The summed E-state index contributed by atoms with van der Waals surface area (Å²) in [6.45, 7) is 3.97. The monoisotopic (exact) mass is 343 g/mol. The fourth-order valence-corrected chi connectivity index (χ4v) is 3.35. The molecule has 2 fully saturated rings. The van der Waals surface area contributed by atoms with Gasteiger partial charge in [-0.3, -0.25) is 9.59 Å². The number of carbonyl (C=O) groups excluding carboxylic acids is 2. The zero-order chi connectivity index (χ0) is 17.6. The first-order valence-electron chi connectivity index (χ1n) is 8.82. The van der Waals surface area contributed by atoms with Gasteiger partial charge in [0.1, 0.15) is 6.04 Å². The Hall–Kier alpha value is -2.34. The molecule has 25 heavy (non-hydrogen) atoms. The Kier molecular flexibility index (Phi) is 5.71. The van der Waals surface area contributed by atoms with Crippen LogP contribution < -0.4 is 10.2 Å². The molecule has 0 radical (unpaired) electrons. The van der Waals surface area contributed by atoms with Gasteiger partial charge in [-0.15, -0.1) is 0 Å². The molecule has 2 saturated heterocycles. The van der Waals surface area contributed by atoms with Gasteiger partial charge in [-0.2, -0.15) is 0 Å². The molecule has 6 heteroatoms. The van der Waals surface area contributed by atoms with Crippen molar-refractivity contribution in [3.05, 3.63) is 35.9 Å². The number of hydrogen-bond donors (Lipinski definition) is 1. The van der Waals surface area contributed by atoms with Gasteiger partial charge >= 0.3 is 0 Å². The lowest BCUT2D eigenvalue weighted by Crippen LogP contribution is -2.44. The second kappa shape index (κ2) is 8.16. The molecule has 0 aliphatic carbocycles. The van der Waals surface area contributed by atoms with Gasteiger partial charge < -0.3 is 19.9 Å². The molecule has 0 aromatic heterocycles. The molecule has 1 N–H and O–H groups in total. The lowest BCUT2D eigenvalue weighted by molar-refractivity contribution is -0.134. The van der Waals surface area contributed by atoms with Gasteiger partial charge in [0, 0.05) is 38.4 Å². The van der Waals surface area contributed by atoms with Gasteiger partial charge in [-0.05, 0) is 36.6 Å². The van der Waals surface area contributed by atoms with E-state index in [1.54, 1.807) is 18.0 Å². The molecule has 2 amide bonds. The summed E-state index contributed by atoms with van der Waals surface area (Å²) in [7, 11) is 1.61. The first kappa shape index (κ1) is 17.5. The fourth-order valence-electron chi connectivity index (χ4n) is 3.35. The minimum atomic E-state index is -0.342. The molecule has 2 aliphatic heterocycles. The summed E-state index contributed by atoms with van der Waals surface area (Å²) in [6, 6.07) is 7.81. The number of likely N-dealkylation sites (tertiary alicyclic amines) is 1. The highest BCUT2D eigenvalue weighted by atomic mass is 16.5. The van der Waals surface area contributed by atoms with E-state index in [-0.39, 0.29) is 17.9 Å². The van der Waals surface area contributed by atoms with E-state index in [0.717, 1.165) is 44.7 Å². The summed E-state index contributed by atoms with van der Waals surface area (Å²) in [4.78, 5) is 28.2. The van der Waals surface area contributed by atoms with E-state index in [1.165, 1.54) is 5.69 Å². The largest absolute Gasteiger partial charge is 0.378 e. The number of hydrogen-bond acceptors (Lipinski definition) is 4. The van der Waals surface area contributed by atoms with Crippen LogP contribution in [0, 0.1) is 0 Å². The van der Waals surface area contributed by atoms with E-state index in [9.17, 15) is 9.59 Å². The summed E-state index contributed by atoms with van der Waals surface area (Å²) in [6.07, 6.45) is 4.97. The van der Waals surface area contributed by atoms with Crippen molar-refractivity contribution in [2.45, 2.75) is 18.9 Å². The predicted molar refractivity (Wildman–Crippen MR) is 97.3 cm³/mol. The number of likely N-dealkylation sites (N-methyl/N-ethyl adjacent to an activating group) is 1. The van der Waals surface area contributed by atoms with Gasteiger partial charge in [0.2, 0.25) is 11.8 Å². The smallest absolute Gasteiger partial charge is 0.247 e. The normalized spacial score (nSPS) is 20.9. The summed E-state index contributed by atoms with van der Waals surface area (Å²) in [5, 5.41) is 2.63. The van der Waals surface area contributed by atoms with E-state index in [1.807, 2.05) is 18.2 Å². The summed E-state index contributed by atoms with van der Waals surface area (Å²) >= 11 is 0. The number of benzene rings is 1. The molecule has 1 aromatic rings. The number of amides is 2. The van der Waals surface area contributed by atoms with Gasteiger partial charge in [0.15, 0.2) is 0 Å². The first-order chi connectivity index (χ1) is 12.2. The third-order valence-corrected chi connectivity index (χ3v) is 4.77. The third kappa shape index (κ3) is 4.20. The van der Waals surface area contributed by atoms with Crippen molar-refractivity contribution in [3.8, 4) is 0 Å². The van der Waals surface area contributed by atoms with Crippen molar-refractivity contribution in [1.29, 1.82) is 0 Å². The van der Waals surface area contributed by atoms with E-state index >= 15 is 0 Å². The molecule has 2 heterocycles. The molecule has 0 bridgehead atoms. The van der Waals surface area contributed by atoms with Crippen molar-refractivity contribution in [1.82, 2.24) is 10.2 Å². The Morgan fingerprint density at radius 1 is 1.16 bits per heavy atom. The standard InChI is InChI=1S/C19H25N3O3/c1-20-19(24)17-3-2-10-22(17)18(23)9-6-15-4-7-16(8-5-15)21-11-13-25-14-12-21/h4-9,17H,2-3,10-14H2,1H3,(H,20,24)/b9-6+/t17-/m0/s1. The Morgan fingerprint density at radius 2 is 1.88 bits per heavy atom. The van der Waals surface area contributed by atoms with Crippen molar-refractivity contribution in [2.75, 3.05) is 44.8 Å². The van der Waals surface area contributed by atoms with E-state index in [0.29, 0.717) is 6.54 Å². The molecule has 3 rings (SSSR count). The van der Waals surface area contributed by atoms with Crippen LogP contribution in [-0.4, -0.2) is 62.7 Å². The van der Waals surface area contributed by atoms with Gasteiger partial charge in [0.25, 0.3) is 0 Å². The molecule has 1 aromatic carbocycles. The predicted octanol–water partition coefficient (Wildman–Crippen LogP) is 1.27.